The first-order valence-corrected chi connectivity index (χ1v) is 10.7. The summed E-state index contributed by atoms with van der Waals surface area (Å²) in [5.74, 6) is 1.92. The number of β-amino-alcohol motifs (C(OH)–C–C–N with tert-alkyl or cyclic N) is 1. The van der Waals surface area contributed by atoms with Gasteiger partial charge in [0.05, 0.1) is 12.8 Å². The average molecular weight is 427 g/mol. The quantitative estimate of drug-likeness (QED) is 0.709. The van der Waals surface area contributed by atoms with Crippen molar-refractivity contribution in [3.63, 3.8) is 0 Å². The summed E-state index contributed by atoms with van der Waals surface area (Å²) in [7, 11) is 1.57. The van der Waals surface area contributed by atoms with Gasteiger partial charge < -0.3 is 29.5 Å². The number of nitrogens with one attached hydrogen (secondary N) is 1. The number of amides is 1. The van der Waals surface area contributed by atoms with Crippen molar-refractivity contribution in [1.29, 1.82) is 0 Å². The van der Waals surface area contributed by atoms with Crippen LogP contribution in [-0.2, 0) is 11.2 Å². The lowest BCUT2D eigenvalue weighted by Crippen LogP contribution is -2.49. The van der Waals surface area contributed by atoms with E-state index < -0.39 is 6.10 Å². The van der Waals surface area contributed by atoms with E-state index in [0.29, 0.717) is 23.7 Å². The Morgan fingerprint density at radius 3 is 2.74 bits per heavy atom. The Labute approximate surface area is 182 Å². The molecule has 1 atom stereocenters. The van der Waals surface area contributed by atoms with Crippen LogP contribution in [0.4, 0.5) is 5.69 Å². The maximum Gasteiger partial charge on any atom is 0.221 e. The van der Waals surface area contributed by atoms with E-state index in [1.807, 2.05) is 12.1 Å². The fraction of sp³-hybridized carbons (Fsp3) is 0.458. The number of methoxy groups -OCH3 is 1. The largest absolute Gasteiger partial charge is 0.497 e. The molecule has 0 radical (unpaired) electrons. The molecule has 166 valence electrons. The van der Waals surface area contributed by atoms with Crippen molar-refractivity contribution in [3.05, 3.63) is 48.0 Å². The van der Waals surface area contributed by atoms with Gasteiger partial charge in [0.2, 0.25) is 5.91 Å². The highest BCUT2D eigenvalue weighted by Crippen LogP contribution is 2.40. The van der Waals surface area contributed by atoms with Crippen LogP contribution in [-0.4, -0.2) is 61.0 Å². The van der Waals surface area contributed by atoms with Gasteiger partial charge in [0.25, 0.3) is 0 Å². The third kappa shape index (κ3) is 5.11. The number of rotatable bonds is 7. The van der Waals surface area contributed by atoms with Crippen molar-refractivity contribution < 1.29 is 24.1 Å². The monoisotopic (exact) mass is 426 g/mol. The van der Waals surface area contributed by atoms with E-state index in [1.54, 1.807) is 25.3 Å². The number of carbonyl (C=O) groups is 1. The minimum Gasteiger partial charge on any atom is -0.497 e. The van der Waals surface area contributed by atoms with Crippen LogP contribution in [0.15, 0.2) is 42.5 Å². The maximum absolute atomic E-state index is 11.4. The first-order valence-electron chi connectivity index (χ1n) is 10.7. The minimum absolute atomic E-state index is 0.102. The number of piperidine rings is 1. The van der Waals surface area contributed by atoms with Crippen LogP contribution in [0, 0.1) is 0 Å². The molecule has 1 fully saturated rings. The molecule has 2 heterocycles. The topological polar surface area (TPSA) is 80.3 Å². The van der Waals surface area contributed by atoms with Crippen LogP contribution >= 0.6 is 0 Å². The smallest absolute Gasteiger partial charge is 0.221 e. The lowest BCUT2D eigenvalue weighted by molar-refractivity contribution is -0.114. The molecule has 0 unspecified atom stereocenters. The van der Waals surface area contributed by atoms with Crippen LogP contribution in [0.5, 0.6) is 17.2 Å². The molecule has 1 spiro atoms. The van der Waals surface area contributed by atoms with E-state index >= 15 is 0 Å². The number of hydrogen-bond donors (Lipinski definition) is 2. The van der Waals surface area contributed by atoms with Gasteiger partial charge in [-0.3, -0.25) is 4.79 Å². The molecule has 0 aromatic heterocycles. The number of likely N-dealkylation sites (tertiary alicyclic amines) is 1. The average Bonchev–Trinajstić information content (AvgIpc) is 3.12. The Morgan fingerprint density at radius 2 is 2.03 bits per heavy atom. The zero-order valence-electron chi connectivity index (χ0n) is 18.1. The second kappa shape index (κ2) is 9.16. The van der Waals surface area contributed by atoms with Crippen molar-refractivity contribution in [2.45, 2.75) is 37.9 Å². The Bertz CT molecular complexity index is 897. The summed E-state index contributed by atoms with van der Waals surface area (Å²) in [6.07, 6.45) is 2.20. The molecule has 7 heteroatoms. The molecule has 31 heavy (non-hydrogen) atoms. The summed E-state index contributed by atoms with van der Waals surface area (Å²) in [5.41, 5.74) is 1.74. The van der Waals surface area contributed by atoms with E-state index in [-0.39, 0.29) is 18.1 Å². The van der Waals surface area contributed by atoms with Gasteiger partial charge in [0.1, 0.15) is 35.6 Å². The molecule has 0 saturated carbocycles. The van der Waals surface area contributed by atoms with Crippen molar-refractivity contribution in [2.24, 2.45) is 0 Å². The second-order valence-electron chi connectivity index (χ2n) is 8.38. The standard InChI is InChI=1S/C24H30N2O5/c1-17(27)25-21-8-7-20(29-2)13-23(21)30-16-19(28)15-26-11-9-24(10-12-26)14-18-5-3-4-6-22(18)31-24/h3-8,13,19,28H,9-12,14-16H2,1-2H3,(H,25,27)/t19-/m0/s1. The molecule has 2 aromatic carbocycles. The van der Waals surface area contributed by atoms with Gasteiger partial charge in [0.15, 0.2) is 0 Å². The van der Waals surface area contributed by atoms with Crippen LogP contribution in [0.3, 0.4) is 0 Å². The van der Waals surface area contributed by atoms with E-state index in [9.17, 15) is 9.90 Å². The van der Waals surface area contributed by atoms with Gasteiger partial charge in [-0.15, -0.1) is 0 Å². The lowest BCUT2D eigenvalue weighted by Gasteiger charge is -2.39. The van der Waals surface area contributed by atoms with Gasteiger partial charge in [-0.2, -0.15) is 0 Å². The van der Waals surface area contributed by atoms with Crippen molar-refractivity contribution in [3.8, 4) is 17.2 Å². The van der Waals surface area contributed by atoms with Crippen LogP contribution in [0.1, 0.15) is 25.3 Å². The molecule has 1 amide bonds. The van der Waals surface area contributed by atoms with Crippen molar-refractivity contribution in [1.82, 2.24) is 4.90 Å². The first kappa shape index (κ1) is 21.5. The van der Waals surface area contributed by atoms with E-state index in [2.05, 4.69) is 22.3 Å². The van der Waals surface area contributed by atoms with Crippen LogP contribution in [0.25, 0.3) is 0 Å². The first-order chi connectivity index (χ1) is 15.0. The summed E-state index contributed by atoms with van der Waals surface area (Å²) in [6, 6.07) is 13.5. The van der Waals surface area contributed by atoms with Gasteiger partial charge in [-0.05, 0) is 23.8 Å². The maximum atomic E-state index is 11.4. The molecule has 2 aromatic rings. The Morgan fingerprint density at radius 1 is 1.26 bits per heavy atom. The molecule has 7 nitrogen and oxygen atoms in total. The molecular formula is C24H30N2O5. The molecule has 0 bridgehead atoms. The molecular weight excluding hydrogens is 396 g/mol. The van der Waals surface area contributed by atoms with Gasteiger partial charge in [-0.25, -0.2) is 0 Å². The normalized spacial score (nSPS) is 18.2. The number of hydrogen-bond acceptors (Lipinski definition) is 6. The zero-order valence-corrected chi connectivity index (χ0v) is 18.1. The number of para-hydroxylation sites is 1. The third-order valence-corrected chi connectivity index (χ3v) is 5.98. The highest BCUT2D eigenvalue weighted by Gasteiger charge is 2.41. The third-order valence-electron chi connectivity index (χ3n) is 5.98. The zero-order chi connectivity index (χ0) is 21.8. The summed E-state index contributed by atoms with van der Waals surface area (Å²) < 4.78 is 17.4. The summed E-state index contributed by atoms with van der Waals surface area (Å²) >= 11 is 0. The molecule has 4 rings (SSSR count). The van der Waals surface area contributed by atoms with E-state index in [4.69, 9.17) is 14.2 Å². The van der Waals surface area contributed by atoms with Gasteiger partial charge >= 0.3 is 0 Å². The Balaban J connectivity index is 1.28. The predicted octanol–water partition coefficient (Wildman–Crippen LogP) is 2.86. The molecule has 2 aliphatic rings. The van der Waals surface area contributed by atoms with E-state index in [0.717, 1.165) is 38.1 Å². The molecule has 1 saturated heterocycles. The van der Waals surface area contributed by atoms with Gasteiger partial charge in [-0.1, -0.05) is 18.2 Å². The highest BCUT2D eigenvalue weighted by atomic mass is 16.5. The Hall–Kier alpha value is -2.77. The lowest BCUT2D eigenvalue weighted by atomic mass is 9.87. The summed E-state index contributed by atoms with van der Waals surface area (Å²) in [5, 5.41) is 13.3. The number of aliphatic hydroxyl groups excluding tert-OH is 1. The SMILES string of the molecule is COc1ccc(NC(C)=O)c(OC[C@@H](O)CN2CCC3(CC2)Cc2ccccc2O3)c1. The summed E-state index contributed by atoms with van der Waals surface area (Å²) in [6.45, 7) is 3.85. The van der Waals surface area contributed by atoms with Crippen molar-refractivity contribution in [2.75, 3.05) is 38.7 Å². The Kier molecular flexibility index (Phi) is 6.34. The molecule has 0 aliphatic carbocycles. The number of fused-ring (bicyclic) bond motifs is 1. The number of carbonyl (C=O) groups excluding carboxylic acids is 1. The number of anilines is 1. The minimum atomic E-state index is -0.646. The predicted molar refractivity (Wildman–Crippen MR) is 118 cm³/mol. The number of nitrogens with zero attached hydrogens (tertiary/aromatic N) is 1. The van der Waals surface area contributed by atoms with E-state index in [1.165, 1.54) is 12.5 Å². The van der Waals surface area contributed by atoms with Crippen LogP contribution < -0.4 is 19.5 Å². The fourth-order valence-electron chi connectivity index (χ4n) is 4.37. The fourth-order valence-corrected chi connectivity index (χ4v) is 4.37. The van der Waals surface area contributed by atoms with Crippen LogP contribution in [0.2, 0.25) is 0 Å². The molecule has 2 aliphatic heterocycles. The second-order valence-corrected chi connectivity index (χ2v) is 8.38. The highest BCUT2D eigenvalue weighted by molar-refractivity contribution is 5.90. The number of ether oxygens (including phenoxy) is 3. The summed E-state index contributed by atoms with van der Waals surface area (Å²) in [4.78, 5) is 13.7. The van der Waals surface area contributed by atoms with Gasteiger partial charge in [0, 0.05) is 51.9 Å². The number of benzene rings is 2. The van der Waals surface area contributed by atoms with Crippen molar-refractivity contribution >= 4 is 11.6 Å². The molecule has 2 N–H and O–H groups in total. The number of aliphatic hydroxyl groups is 1.